The lowest BCUT2D eigenvalue weighted by Crippen LogP contribution is -2.13. The number of H-pyrrole nitrogens is 1. The lowest BCUT2D eigenvalue weighted by atomic mass is 10.2. The van der Waals surface area contributed by atoms with Gasteiger partial charge in [0.1, 0.15) is 12.4 Å². The molecule has 27 heavy (non-hydrogen) atoms. The normalized spacial score (nSPS) is 10.7. The van der Waals surface area contributed by atoms with Gasteiger partial charge in [0.15, 0.2) is 0 Å². The van der Waals surface area contributed by atoms with Gasteiger partial charge in [-0.15, -0.1) is 0 Å². The summed E-state index contributed by atoms with van der Waals surface area (Å²) in [6.45, 7) is 0.235. The van der Waals surface area contributed by atoms with Crippen LogP contribution in [0.2, 0.25) is 0 Å². The van der Waals surface area contributed by atoms with E-state index in [1.54, 1.807) is 0 Å². The van der Waals surface area contributed by atoms with Crippen molar-refractivity contribution in [1.82, 2.24) is 9.97 Å². The fourth-order valence-electron chi connectivity index (χ4n) is 2.71. The van der Waals surface area contributed by atoms with Crippen molar-refractivity contribution in [3.8, 4) is 11.4 Å². The van der Waals surface area contributed by atoms with Crippen LogP contribution in [0.3, 0.4) is 0 Å². The smallest absolute Gasteiger partial charge is 0.411 e. The summed E-state index contributed by atoms with van der Waals surface area (Å²) >= 11 is 3.46. The Hall–Kier alpha value is -3.12. The Bertz CT molecular complexity index is 1080. The minimum Gasteiger partial charge on any atom is -0.444 e. The van der Waals surface area contributed by atoms with Crippen molar-refractivity contribution in [3.63, 3.8) is 0 Å². The van der Waals surface area contributed by atoms with Gasteiger partial charge in [-0.3, -0.25) is 5.32 Å². The maximum atomic E-state index is 11.9. The highest BCUT2D eigenvalue weighted by molar-refractivity contribution is 9.10. The van der Waals surface area contributed by atoms with Crippen molar-refractivity contribution in [3.05, 3.63) is 82.8 Å². The lowest BCUT2D eigenvalue weighted by molar-refractivity contribution is 0.155. The molecule has 3 aromatic carbocycles. The number of amides is 1. The molecule has 1 amide bonds. The van der Waals surface area contributed by atoms with Gasteiger partial charge < -0.3 is 9.72 Å². The van der Waals surface area contributed by atoms with Gasteiger partial charge in [0.05, 0.1) is 11.0 Å². The van der Waals surface area contributed by atoms with Crippen molar-refractivity contribution in [1.29, 1.82) is 0 Å². The molecule has 4 rings (SSSR count). The number of carbonyl (C=O) groups is 1. The first kappa shape index (κ1) is 17.3. The number of imidazole rings is 1. The summed E-state index contributed by atoms with van der Waals surface area (Å²) in [5.41, 5.74) is 4.41. The number of rotatable bonds is 4. The first-order chi connectivity index (χ1) is 13.2. The highest BCUT2D eigenvalue weighted by Crippen LogP contribution is 2.24. The van der Waals surface area contributed by atoms with E-state index in [2.05, 4.69) is 31.2 Å². The summed E-state index contributed by atoms with van der Waals surface area (Å²) in [7, 11) is 0. The van der Waals surface area contributed by atoms with Crippen LogP contribution in [0, 0.1) is 0 Å². The van der Waals surface area contributed by atoms with Crippen molar-refractivity contribution >= 4 is 38.7 Å². The number of aromatic amines is 1. The molecule has 0 atom stereocenters. The van der Waals surface area contributed by atoms with Gasteiger partial charge in [-0.05, 0) is 48.0 Å². The second-order valence-corrected chi connectivity index (χ2v) is 6.93. The maximum Gasteiger partial charge on any atom is 0.411 e. The molecule has 134 valence electrons. The second kappa shape index (κ2) is 7.63. The van der Waals surface area contributed by atoms with Crippen molar-refractivity contribution in [2.45, 2.75) is 6.61 Å². The second-order valence-electron chi connectivity index (χ2n) is 6.01. The van der Waals surface area contributed by atoms with E-state index < -0.39 is 6.09 Å². The lowest BCUT2D eigenvalue weighted by Gasteiger charge is -2.07. The molecule has 0 bridgehead atoms. The number of nitrogens with one attached hydrogen (secondary N) is 2. The topological polar surface area (TPSA) is 67.0 Å². The number of hydrogen-bond donors (Lipinski definition) is 2. The van der Waals surface area contributed by atoms with Crippen LogP contribution in [0.4, 0.5) is 10.5 Å². The highest BCUT2D eigenvalue weighted by atomic mass is 79.9. The van der Waals surface area contributed by atoms with Crippen molar-refractivity contribution in [2.24, 2.45) is 0 Å². The zero-order valence-corrected chi connectivity index (χ0v) is 15.9. The Kier molecular flexibility index (Phi) is 4.89. The molecule has 1 aromatic heterocycles. The molecule has 0 aliphatic carbocycles. The molecule has 4 aromatic rings. The van der Waals surface area contributed by atoms with Gasteiger partial charge in [-0.25, -0.2) is 9.78 Å². The fourth-order valence-corrected chi connectivity index (χ4v) is 3.07. The molecule has 0 aliphatic heterocycles. The number of ether oxygens (including phenoxy) is 1. The molecule has 0 aliphatic rings. The molecule has 2 N–H and O–H groups in total. The van der Waals surface area contributed by atoms with Crippen LogP contribution in [-0.4, -0.2) is 16.1 Å². The molecular weight excluding hydrogens is 406 g/mol. The summed E-state index contributed by atoms with van der Waals surface area (Å²) in [4.78, 5) is 19.8. The van der Waals surface area contributed by atoms with Crippen LogP contribution in [0.15, 0.2) is 77.3 Å². The average Bonchev–Trinajstić information content (AvgIpc) is 3.11. The monoisotopic (exact) mass is 421 g/mol. The molecule has 5 nitrogen and oxygen atoms in total. The van der Waals surface area contributed by atoms with Crippen LogP contribution < -0.4 is 5.32 Å². The summed E-state index contributed by atoms with van der Waals surface area (Å²) < 4.78 is 6.22. The van der Waals surface area contributed by atoms with Crippen LogP contribution in [0.5, 0.6) is 0 Å². The first-order valence-corrected chi connectivity index (χ1v) is 9.20. The highest BCUT2D eigenvalue weighted by Gasteiger charge is 2.07. The third-order valence-electron chi connectivity index (χ3n) is 4.06. The summed E-state index contributed by atoms with van der Waals surface area (Å²) in [5.74, 6) is 0.779. The summed E-state index contributed by atoms with van der Waals surface area (Å²) in [6, 6.07) is 22.9. The Morgan fingerprint density at radius 2 is 1.81 bits per heavy atom. The minimum atomic E-state index is -0.486. The average molecular weight is 422 g/mol. The molecule has 0 radical (unpaired) electrons. The number of aromatic nitrogens is 2. The molecule has 0 fully saturated rings. The molecule has 0 spiro atoms. The Balaban J connectivity index is 1.41. The quantitative estimate of drug-likeness (QED) is 0.441. The number of halogens is 1. The van der Waals surface area contributed by atoms with E-state index in [1.807, 2.05) is 72.8 Å². The maximum absolute atomic E-state index is 11.9. The standard InChI is InChI=1S/C21H16BrN3O2/c22-16-8-11-18-19(12-16)25-20(24-18)15-6-9-17(10-7-15)23-21(26)27-13-14-4-2-1-3-5-14/h1-12H,13H2,(H,23,26)(H,24,25). The predicted molar refractivity (Wildman–Crippen MR) is 109 cm³/mol. The van der Waals surface area contributed by atoms with Gasteiger partial charge in [0.2, 0.25) is 0 Å². The van der Waals surface area contributed by atoms with E-state index in [-0.39, 0.29) is 6.61 Å². The van der Waals surface area contributed by atoms with Crippen LogP contribution in [0.1, 0.15) is 5.56 Å². The number of carbonyl (C=O) groups excluding carboxylic acids is 1. The van der Waals surface area contributed by atoms with Crippen LogP contribution >= 0.6 is 15.9 Å². The Morgan fingerprint density at radius 1 is 1.04 bits per heavy atom. The van der Waals surface area contributed by atoms with Gasteiger partial charge in [0.25, 0.3) is 0 Å². The third kappa shape index (κ3) is 4.17. The molecular formula is C21H16BrN3O2. The predicted octanol–water partition coefficient (Wildman–Crippen LogP) is 5.74. The van der Waals surface area contributed by atoms with E-state index in [4.69, 9.17) is 4.74 Å². The SMILES string of the molecule is O=C(Nc1ccc(-c2nc3ccc(Br)cc3[nH]2)cc1)OCc1ccccc1. The number of nitrogens with zero attached hydrogens (tertiary/aromatic N) is 1. The van der Waals surface area contributed by atoms with E-state index in [1.165, 1.54) is 0 Å². The van der Waals surface area contributed by atoms with Gasteiger partial charge >= 0.3 is 6.09 Å². The Labute approximate surface area is 164 Å². The largest absolute Gasteiger partial charge is 0.444 e. The number of benzene rings is 3. The van der Waals surface area contributed by atoms with E-state index in [9.17, 15) is 4.79 Å². The van der Waals surface area contributed by atoms with Crippen LogP contribution in [-0.2, 0) is 11.3 Å². The summed E-state index contributed by atoms with van der Waals surface area (Å²) in [6.07, 6.45) is -0.486. The molecule has 1 heterocycles. The zero-order chi connectivity index (χ0) is 18.6. The van der Waals surface area contributed by atoms with Crippen LogP contribution in [0.25, 0.3) is 22.4 Å². The molecule has 0 unspecified atom stereocenters. The van der Waals surface area contributed by atoms with E-state index in [0.717, 1.165) is 32.5 Å². The number of fused-ring (bicyclic) bond motifs is 1. The summed E-state index contributed by atoms with van der Waals surface area (Å²) in [5, 5.41) is 2.73. The zero-order valence-electron chi connectivity index (χ0n) is 14.3. The first-order valence-electron chi connectivity index (χ1n) is 8.41. The Morgan fingerprint density at radius 3 is 2.59 bits per heavy atom. The molecule has 6 heteroatoms. The minimum absolute atomic E-state index is 0.235. The van der Waals surface area contributed by atoms with Gasteiger partial charge in [-0.1, -0.05) is 46.3 Å². The number of hydrogen-bond acceptors (Lipinski definition) is 3. The van der Waals surface area contributed by atoms with E-state index >= 15 is 0 Å². The van der Waals surface area contributed by atoms with Crippen molar-refractivity contribution in [2.75, 3.05) is 5.32 Å². The van der Waals surface area contributed by atoms with Gasteiger partial charge in [0, 0.05) is 15.7 Å². The van der Waals surface area contributed by atoms with Crippen molar-refractivity contribution < 1.29 is 9.53 Å². The number of anilines is 1. The van der Waals surface area contributed by atoms with E-state index in [0.29, 0.717) is 5.69 Å². The van der Waals surface area contributed by atoms with Gasteiger partial charge in [-0.2, -0.15) is 0 Å². The third-order valence-corrected chi connectivity index (χ3v) is 4.55. The molecule has 0 saturated heterocycles. The fraction of sp³-hybridized carbons (Fsp3) is 0.0476. The molecule has 0 saturated carbocycles.